The molecule has 1 atom stereocenters. The molecule has 1 aliphatic heterocycles. The normalized spacial score (nSPS) is 14.5. The van der Waals surface area contributed by atoms with Gasteiger partial charge < -0.3 is 14.9 Å². The van der Waals surface area contributed by atoms with Crippen molar-refractivity contribution in [3.63, 3.8) is 0 Å². The molecule has 0 bridgehead atoms. The summed E-state index contributed by atoms with van der Waals surface area (Å²) in [7, 11) is 1.48. The van der Waals surface area contributed by atoms with Crippen LogP contribution in [-0.4, -0.2) is 45.4 Å². The van der Waals surface area contributed by atoms with Crippen LogP contribution >= 0.6 is 22.9 Å². The number of carbonyl (C=O) groups excluding carboxylic acids is 1. The molecule has 11 heteroatoms. The molecule has 1 amide bonds. The summed E-state index contributed by atoms with van der Waals surface area (Å²) in [6.45, 7) is 8.63. The van der Waals surface area contributed by atoms with Crippen molar-refractivity contribution in [2.24, 2.45) is 10.1 Å². The number of rotatable bonds is 10. The fraction of sp³-hybridized carbons (Fsp3) is 0.323. The molecule has 1 N–H and O–H groups in total. The Labute approximate surface area is 254 Å². The van der Waals surface area contributed by atoms with Gasteiger partial charge in [0, 0.05) is 44.3 Å². The second-order valence-electron chi connectivity index (χ2n) is 10.1. The van der Waals surface area contributed by atoms with E-state index in [1.807, 2.05) is 54.0 Å². The van der Waals surface area contributed by atoms with E-state index in [4.69, 9.17) is 26.2 Å². The zero-order chi connectivity index (χ0) is 29.8. The molecule has 9 nitrogen and oxygen atoms in total. The van der Waals surface area contributed by atoms with Crippen molar-refractivity contribution in [3.8, 4) is 5.00 Å². The lowest BCUT2D eigenvalue weighted by Gasteiger charge is -2.17. The van der Waals surface area contributed by atoms with Gasteiger partial charge in [0.1, 0.15) is 30.9 Å². The monoisotopic (exact) mass is 604 g/mol. The number of halogens is 1. The van der Waals surface area contributed by atoms with Crippen LogP contribution in [-0.2, 0) is 21.0 Å². The van der Waals surface area contributed by atoms with Crippen molar-refractivity contribution in [2.45, 2.75) is 59.6 Å². The van der Waals surface area contributed by atoms with Gasteiger partial charge in [0.2, 0.25) is 5.91 Å². The van der Waals surface area contributed by atoms with Crippen LogP contribution in [0.2, 0.25) is 5.02 Å². The Hall–Kier alpha value is -4.02. The Kier molecular flexibility index (Phi) is 9.03. The number of benzene rings is 2. The predicted molar refractivity (Wildman–Crippen MR) is 167 cm³/mol. The highest BCUT2D eigenvalue weighted by atomic mass is 35.5. The van der Waals surface area contributed by atoms with Crippen LogP contribution < -0.4 is 5.32 Å². The number of oxime groups is 1. The van der Waals surface area contributed by atoms with Crippen LogP contribution in [0.15, 0.2) is 58.9 Å². The number of hydrogen-bond donors (Lipinski definition) is 1. The van der Waals surface area contributed by atoms with Crippen molar-refractivity contribution in [3.05, 3.63) is 92.3 Å². The summed E-state index contributed by atoms with van der Waals surface area (Å²) in [4.78, 5) is 24.7. The summed E-state index contributed by atoms with van der Waals surface area (Å²) in [6, 6.07) is 13.1. The zero-order valence-corrected chi connectivity index (χ0v) is 25.8. The molecule has 0 saturated heterocycles. The van der Waals surface area contributed by atoms with Gasteiger partial charge in [0.25, 0.3) is 5.90 Å². The molecule has 0 fully saturated rings. The van der Waals surface area contributed by atoms with E-state index in [0.29, 0.717) is 23.2 Å². The van der Waals surface area contributed by atoms with E-state index >= 15 is 0 Å². The summed E-state index contributed by atoms with van der Waals surface area (Å²) in [6.07, 6.45) is 3.60. The number of aliphatic imine (C=N–C) groups is 1. The van der Waals surface area contributed by atoms with Crippen LogP contribution in [0.5, 0.6) is 0 Å². The Morgan fingerprint density at radius 2 is 2.00 bits per heavy atom. The maximum absolute atomic E-state index is 13.3. The van der Waals surface area contributed by atoms with Crippen molar-refractivity contribution < 1.29 is 14.4 Å². The summed E-state index contributed by atoms with van der Waals surface area (Å²) in [5.74, 6) is 1.13. The molecule has 218 valence electrons. The molecule has 5 rings (SSSR count). The zero-order valence-electron chi connectivity index (χ0n) is 24.3. The second kappa shape index (κ2) is 12.9. The highest BCUT2D eigenvalue weighted by Gasteiger charge is 2.25. The van der Waals surface area contributed by atoms with Crippen molar-refractivity contribution >= 4 is 46.1 Å². The van der Waals surface area contributed by atoms with Crippen LogP contribution in [0.3, 0.4) is 0 Å². The largest absolute Gasteiger partial charge is 0.470 e. The van der Waals surface area contributed by atoms with E-state index in [0.717, 1.165) is 57.2 Å². The number of hydrogen-bond acceptors (Lipinski definition) is 8. The number of fused-ring (bicyclic) bond motifs is 1. The van der Waals surface area contributed by atoms with Crippen molar-refractivity contribution in [1.82, 2.24) is 14.8 Å². The fourth-order valence-corrected chi connectivity index (χ4v) is 6.28. The third-order valence-electron chi connectivity index (χ3n) is 7.17. The number of carbonyl (C=O) groups is 1. The number of ether oxygens (including phenoxy) is 1. The quantitative estimate of drug-likeness (QED) is 0.159. The van der Waals surface area contributed by atoms with Crippen molar-refractivity contribution in [2.75, 3.05) is 12.4 Å². The lowest BCUT2D eigenvalue weighted by molar-refractivity contribution is -0.116. The second-order valence-corrected chi connectivity index (χ2v) is 11.8. The van der Waals surface area contributed by atoms with Crippen molar-refractivity contribution in [1.29, 1.82) is 0 Å². The molecule has 4 aromatic rings. The van der Waals surface area contributed by atoms with Crippen LogP contribution in [0.25, 0.3) is 5.00 Å². The standard InChI is InChI=1S/C31H33ClN6O3S/c1-6-7-24(15-27(39)34-25-12-13-26-22(14-25)16-41-30(26)37-40-5)35-29(21-8-10-23(32)11-9-21)28-18(2)19(3)42-31(28)38-17-33-36-20(38)4/h8-14,17,24H,6-7,15-16H2,1-5H3,(H,34,39)/b35-29-,37-30+/t24-/m1/s1. The van der Waals surface area contributed by atoms with Crippen LogP contribution in [0, 0.1) is 20.8 Å². The molecule has 42 heavy (non-hydrogen) atoms. The van der Waals surface area contributed by atoms with E-state index in [1.165, 1.54) is 12.0 Å². The summed E-state index contributed by atoms with van der Waals surface area (Å²) in [5.41, 5.74) is 6.40. The molecular formula is C31H33ClN6O3S. The maximum Gasteiger partial charge on any atom is 0.258 e. The maximum atomic E-state index is 13.3. The number of aromatic nitrogens is 3. The van der Waals surface area contributed by atoms with E-state index in [2.05, 4.69) is 41.4 Å². The van der Waals surface area contributed by atoms with Crippen LogP contribution in [0.4, 0.5) is 5.69 Å². The number of nitrogens with zero attached hydrogens (tertiary/aromatic N) is 5. The molecule has 0 saturated carbocycles. The molecule has 2 aromatic carbocycles. The molecule has 0 spiro atoms. The minimum absolute atomic E-state index is 0.106. The number of thiophene rings is 1. The van der Waals surface area contributed by atoms with Gasteiger partial charge in [-0.05, 0) is 68.2 Å². The molecule has 0 aliphatic carbocycles. The molecule has 0 unspecified atom stereocenters. The van der Waals surface area contributed by atoms with E-state index < -0.39 is 0 Å². The minimum Gasteiger partial charge on any atom is -0.470 e. The van der Waals surface area contributed by atoms with E-state index in [9.17, 15) is 4.79 Å². The van der Waals surface area contributed by atoms with Gasteiger partial charge in [-0.2, -0.15) is 0 Å². The van der Waals surface area contributed by atoms with E-state index in [-0.39, 0.29) is 18.4 Å². The molecule has 1 aliphatic rings. The Morgan fingerprint density at radius 3 is 2.69 bits per heavy atom. The van der Waals surface area contributed by atoms with E-state index in [1.54, 1.807) is 17.7 Å². The first-order valence-corrected chi connectivity index (χ1v) is 15.0. The highest BCUT2D eigenvalue weighted by molar-refractivity contribution is 7.15. The fourth-order valence-electron chi connectivity index (χ4n) is 4.98. The van der Waals surface area contributed by atoms with Gasteiger partial charge >= 0.3 is 0 Å². The summed E-state index contributed by atoms with van der Waals surface area (Å²) in [5, 5.41) is 16.9. The third-order valence-corrected chi connectivity index (χ3v) is 8.63. The number of anilines is 1. The lowest BCUT2D eigenvalue weighted by atomic mass is 9.98. The Morgan fingerprint density at radius 1 is 1.21 bits per heavy atom. The molecule has 0 radical (unpaired) electrons. The van der Waals surface area contributed by atoms with Gasteiger partial charge in [0.15, 0.2) is 0 Å². The van der Waals surface area contributed by atoms with Crippen LogP contribution in [0.1, 0.15) is 64.7 Å². The Balaban J connectivity index is 1.49. The topological polar surface area (TPSA) is 103 Å². The van der Waals surface area contributed by atoms with Gasteiger partial charge in [-0.3, -0.25) is 14.4 Å². The smallest absolute Gasteiger partial charge is 0.258 e. The van der Waals surface area contributed by atoms with Gasteiger partial charge in [-0.1, -0.05) is 37.1 Å². The lowest BCUT2D eigenvalue weighted by Crippen LogP contribution is -2.21. The van der Waals surface area contributed by atoms with Gasteiger partial charge in [-0.15, -0.1) is 21.5 Å². The number of amides is 1. The molecule has 3 heterocycles. The highest BCUT2D eigenvalue weighted by Crippen LogP contribution is 2.34. The number of aryl methyl sites for hydroxylation is 2. The number of nitrogens with one attached hydrogen (secondary N) is 1. The first-order valence-electron chi connectivity index (χ1n) is 13.8. The minimum atomic E-state index is -0.242. The first kappa shape index (κ1) is 29.5. The summed E-state index contributed by atoms with van der Waals surface area (Å²) < 4.78 is 7.58. The molecular weight excluding hydrogens is 572 g/mol. The third kappa shape index (κ3) is 6.24. The predicted octanol–water partition coefficient (Wildman–Crippen LogP) is 6.78. The Bertz CT molecular complexity index is 1660. The molecule has 2 aromatic heterocycles. The SMILES string of the molecule is CCC[C@H](CC(=O)Nc1ccc2c(c1)CO/C2=N/OC)/N=C(/c1ccc(Cl)cc1)c1c(-n2cnnc2C)sc(C)c1C. The van der Waals surface area contributed by atoms with Gasteiger partial charge in [0.05, 0.1) is 11.8 Å². The van der Waals surface area contributed by atoms with Gasteiger partial charge in [-0.25, -0.2) is 0 Å². The average Bonchev–Trinajstić information content (AvgIpc) is 3.65. The average molecular weight is 605 g/mol. The first-order chi connectivity index (χ1) is 20.3. The summed E-state index contributed by atoms with van der Waals surface area (Å²) >= 11 is 7.94.